The SMILES string of the molecule is CCC[C@@H](NC(=O)Nc1ccc(Br)s1)C(=O)Nc1ccc(N2CCOCC2=O)cc1. The number of hydrogen-bond donors (Lipinski definition) is 3. The van der Waals surface area contributed by atoms with E-state index in [1.54, 1.807) is 35.2 Å². The van der Waals surface area contributed by atoms with Gasteiger partial charge in [-0.05, 0) is 58.7 Å². The molecule has 3 N–H and O–H groups in total. The molecule has 0 spiro atoms. The summed E-state index contributed by atoms with van der Waals surface area (Å²) in [5.41, 5.74) is 1.35. The van der Waals surface area contributed by atoms with Crippen molar-refractivity contribution in [3.63, 3.8) is 0 Å². The van der Waals surface area contributed by atoms with E-state index in [-0.39, 0.29) is 18.4 Å². The average molecular weight is 495 g/mol. The largest absolute Gasteiger partial charge is 0.370 e. The maximum absolute atomic E-state index is 12.7. The van der Waals surface area contributed by atoms with Gasteiger partial charge in [0.25, 0.3) is 5.91 Å². The van der Waals surface area contributed by atoms with Crippen LogP contribution in [-0.4, -0.2) is 43.6 Å². The predicted molar refractivity (Wildman–Crippen MR) is 121 cm³/mol. The zero-order valence-corrected chi connectivity index (χ0v) is 18.8. The third kappa shape index (κ3) is 6.04. The van der Waals surface area contributed by atoms with E-state index in [1.165, 1.54) is 11.3 Å². The number of rotatable bonds is 7. The lowest BCUT2D eigenvalue weighted by Crippen LogP contribution is -2.45. The molecule has 30 heavy (non-hydrogen) atoms. The van der Waals surface area contributed by atoms with Crippen molar-refractivity contribution in [2.24, 2.45) is 0 Å². The molecule has 0 bridgehead atoms. The average Bonchev–Trinajstić information content (AvgIpc) is 3.13. The van der Waals surface area contributed by atoms with E-state index in [9.17, 15) is 14.4 Å². The summed E-state index contributed by atoms with van der Waals surface area (Å²) >= 11 is 4.74. The van der Waals surface area contributed by atoms with E-state index in [0.717, 1.165) is 15.9 Å². The molecule has 2 heterocycles. The zero-order chi connectivity index (χ0) is 21.5. The predicted octanol–water partition coefficient (Wildman–Crippen LogP) is 3.80. The lowest BCUT2D eigenvalue weighted by Gasteiger charge is -2.27. The van der Waals surface area contributed by atoms with Crippen LogP contribution in [0, 0.1) is 0 Å². The summed E-state index contributed by atoms with van der Waals surface area (Å²) in [6.45, 7) is 3.03. The zero-order valence-electron chi connectivity index (χ0n) is 16.4. The summed E-state index contributed by atoms with van der Waals surface area (Å²) in [6.07, 6.45) is 1.24. The highest BCUT2D eigenvalue weighted by molar-refractivity contribution is 9.11. The molecule has 160 valence electrons. The fourth-order valence-electron chi connectivity index (χ4n) is 2.99. The molecule has 0 saturated carbocycles. The second-order valence-corrected chi connectivity index (χ2v) is 9.14. The van der Waals surface area contributed by atoms with Crippen LogP contribution in [0.2, 0.25) is 0 Å². The highest BCUT2D eigenvalue weighted by Crippen LogP contribution is 2.26. The number of thiophene rings is 1. The van der Waals surface area contributed by atoms with Gasteiger partial charge in [0.15, 0.2) is 0 Å². The standard InChI is InChI=1S/C20H23BrN4O4S/c1-2-3-15(23-20(28)24-17-9-8-16(21)30-17)19(27)22-13-4-6-14(7-5-13)25-10-11-29-12-18(25)26/h4-9,15H,2-3,10-12H2,1H3,(H,22,27)(H2,23,24,28)/t15-/m1/s1. The first-order chi connectivity index (χ1) is 14.5. The first kappa shape index (κ1) is 22.3. The van der Waals surface area contributed by atoms with E-state index >= 15 is 0 Å². The van der Waals surface area contributed by atoms with E-state index in [0.29, 0.717) is 30.3 Å². The van der Waals surface area contributed by atoms with Crippen LogP contribution in [0.1, 0.15) is 19.8 Å². The van der Waals surface area contributed by atoms with Gasteiger partial charge in [0.1, 0.15) is 12.6 Å². The molecule has 0 radical (unpaired) electrons. The van der Waals surface area contributed by atoms with Crippen LogP contribution in [0.3, 0.4) is 0 Å². The molecule has 4 amide bonds. The number of amides is 4. The van der Waals surface area contributed by atoms with Gasteiger partial charge in [-0.25, -0.2) is 4.79 Å². The van der Waals surface area contributed by atoms with E-state index in [4.69, 9.17) is 4.74 Å². The summed E-state index contributed by atoms with van der Waals surface area (Å²) in [7, 11) is 0. The molecule has 2 aromatic rings. The lowest BCUT2D eigenvalue weighted by atomic mass is 10.1. The highest BCUT2D eigenvalue weighted by Gasteiger charge is 2.22. The van der Waals surface area contributed by atoms with Gasteiger partial charge in [-0.2, -0.15) is 0 Å². The Bertz CT molecular complexity index is 902. The van der Waals surface area contributed by atoms with Gasteiger partial charge in [-0.3, -0.25) is 14.9 Å². The molecular formula is C20H23BrN4O4S. The normalized spacial score (nSPS) is 14.9. The van der Waals surface area contributed by atoms with Gasteiger partial charge >= 0.3 is 6.03 Å². The van der Waals surface area contributed by atoms with Crippen LogP contribution in [0.25, 0.3) is 0 Å². The Hall–Kier alpha value is -2.43. The quantitative estimate of drug-likeness (QED) is 0.544. The third-order valence-corrected chi connectivity index (χ3v) is 5.98. The van der Waals surface area contributed by atoms with E-state index in [1.807, 2.05) is 13.0 Å². The van der Waals surface area contributed by atoms with Gasteiger partial charge in [0.05, 0.1) is 15.4 Å². The fraction of sp³-hybridized carbons (Fsp3) is 0.350. The monoisotopic (exact) mass is 494 g/mol. The third-order valence-electron chi connectivity index (χ3n) is 4.44. The summed E-state index contributed by atoms with van der Waals surface area (Å²) < 4.78 is 6.05. The van der Waals surface area contributed by atoms with Gasteiger partial charge < -0.3 is 20.3 Å². The Morgan fingerprint density at radius 3 is 2.60 bits per heavy atom. The molecule has 1 atom stereocenters. The van der Waals surface area contributed by atoms with Crippen molar-refractivity contribution in [1.29, 1.82) is 0 Å². The Labute approximate surface area is 187 Å². The Balaban J connectivity index is 1.58. The number of nitrogens with zero attached hydrogens (tertiary/aromatic N) is 1. The minimum Gasteiger partial charge on any atom is -0.370 e. The number of nitrogens with one attached hydrogen (secondary N) is 3. The second-order valence-electron chi connectivity index (χ2n) is 6.68. The maximum Gasteiger partial charge on any atom is 0.320 e. The number of benzene rings is 1. The number of anilines is 3. The lowest BCUT2D eigenvalue weighted by molar-refractivity contribution is -0.125. The number of carbonyl (C=O) groups is 3. The van der Waals surface area contributed by atoms with Crippen molar-refractivity contribution in [2.45, 2.75) is 25.8 Å². The van der Waals surface area contributed by atoms with E-state index in [2.05, 4.69) is 31.9 Å². The summed E-state index contributed by atoms with van der Waals surface area (Å²) in [4.78, 5) is 38.5. The Morgan fingerprint density at radius 1 is 1.20 bits per heavy atom. The van der Waals surface area contributed by atoms with Gasteiger partial charge in [0.2, 0.25) is 5.91 Å². The topological polar surface area (TPSA) is 99.8 Å². The summed E-state index contributed by atoms with van der Waals surface area (Å²) in [5.74, 6) is -0.386. The second kappa shape index (κ2) is 10.6. The van der Waals surface area contributed by atoms with Crippen LogP contribution >= 0.6 is 27.3 Å². The molecule has 1 aliphatic rings. The van der Waals surface area contributed by atoms with Crippen molar-refractivity contribution >= 4 is 61.5 Å². The molecule has 1 saturated heterocycles. The number of hydrogen-bond acceptors (Lipinski definition) is 5. The molecule has 1 aromatic heterocycles. The molecule has 0 unspecified atom stereocenters. The Kier molecular flexibility index (Phi) is 7.83. The molecule has 1 fully saturated rings. The number of morpholine rings is 1. The minimum atomic E-state index is -0.668. The molecule has 1 aliphatic heterocycles. The smallest absolute Gasteiger partial charge is 0.320 e. The van der Waals surface area contributed by atoms with Crippen molar-refractivity contribution in [3.8, 4) is 0 Å². The molecule has 1 aromatic carbocycles. The molecule has 0 aliphatic carbocycles. The molecule has 3 rings (SSSR count). The van der Waals surface area contributed by atoms with Crippen molar-refractivity contribution in [3.05, 3.63) is 40.2 Å². The maximum atomic E-state index is 12.7. The highest BCUT2D eigenvalue weighted by atomic mass is 79.9. The first-order valence-corrected chi connectivity index (χ1v) is 11.2. The van der Waals surface area contributed by atoms with Crippen LogP contribution in [-0.2, 0) is 14.3 Å². The van der Waals surface area contributed by atoms with Crippen LogP contribution < -0.4 is 20.9 Å². The first-order valence-electron chi connectivity index (χ1n) is 9.58. The molecule has 8 nitrogen and oxygen atoms in total. The van der Waals surface area contributed by atoms with Crippen LogP contribution in [0.15, 0.2) is 40.2 Å². The van der Waals surface area contributed by atoms with Gasteiger partial charge in [-0.15, -0.1) is 11.3 Å². The number of urea groups is 1. The summed E-state index contributed by atoms with van der Waals surface area (Å²) in [6, 6.07) is 9.56. The fourth-order valence-corrected chi connectivity index (χ4v) is 4.27. The minimum absolute atomic E-state index is 0.0767. The van der Waals surface area contributed by atoms with Crippen LogP contribution in [0.5, 0.6) is 0 Å². The van der Waals surface area contributed by atoms with Gasteiger partial charge in [-0.1, -0.05) is 13.3 Å². The van der Waals surface area contributed by atoms with Crippen molar-refractivity contribution in [1.82, 2.24) is 5.32 Å². The van der Waals surface area contributed by atoms with Crippen LogP contribution in [0.4, 0.5) is 21.2 Å². The number of carbonyl (C=O) groups excluding carboxylic acids is 3. The number of ether oxygens (including phenoxy) is 1. The van der Waals surface area contributed by atoms with Gasteiger partial charge in [0, 0.05) is 17.9 Å². The number of halogens is 1. The molecule has 10 heteroatoms. The summed E-state index contributed by atoms with van der Waals surface area (Å²) in [5, 5.41) is 8.97. The Morgan fingerprint density at radius 2 is 1.97 bits per heavy atom. The molecular weight excluding hydrogens is 472 g/mol. The van der Waals surface area contributed by atoms with Crippen molar-refractivity contribution in [2.75, 3.05) is 35.3 Å². The van der Waals surface area contributed by atoms with E-state index < -0.39 is 12.1 Å². The van der Waals surface area contributed by atoms with Crippen molar-refractivity contribution < 1.29 is 19.1 Å².